The van der Waals surface area contributed by atoms with Crippen molar-refractivity contribution >= 4 is 0 Å². The highest BCUT2D eigenvalue weighted by atomic mass is 16.5. The fourth-order valence-corrected chi connectivity index (χ4v) is 2.23. The third kappa shape index (κ3) is 3.27. The molecule has 20 heavy (non-hydrogen) atoms. The third-order valence-electron chi connectivity index (χ3n) is 3.29. The van der Waals surface area contributed by atoms with Crippen LogP contribution in [-0.4, -0.2) is 24.2 Å². The van der Waals surface area contributed by atoms with Crippen LogP contribution in [0.5, 0.6) is 11.5 Å². The van der Waals surface area contributed by atoms with Gasteiger partial charge in [0.15, 0.2) is 11.5 Å². The third-order valence-corrected chi connectivity index (χ3v) is 3.29. The van der Waals surface area contributed by atoms with E-state index >= 15 is 0 Å². The number of ether oxygens (including phenoxy) is 2. The van der Waals surface area contributed by atoms with Crippen LogP contribution < -0.4 is 14.8 Å². The molecule has 104 valence electrons. The van der Waals surface area contributed by atoms with Crippen molar-refractivity contribution in [3.8, 4) is 11.5 Å². The molecule has 1 atom stereocenters. The monoisotopic (exact) mass is 270 g/mol. The SMILES string of the molecule is c1ccc2c(c1)OCCC(CNCc1ccncc1)O2. The van der Waals surface area contributed by atoms with Crippen molar-refractivity contribution in [3.05, 3.63) is 54.4 Å². The number of pyridine rings is 1. The fourth-order valence-electron chi connectivity index (χ4n) is 2.23. The molecule has 0 aliphatic carbocycles. The predicted octanol–water partition coefficient (Wildman–Crippen LogP) is 2.40. The van der Waals surface area contributed by atoms with Crippen molar-refractivity contribution in [2.75, 3.05) is 13.2 Å². The van der Waals surface area contributed by atoms with Crippen LogP contribution >= 0.6 is 0 Å². The minimum atomic E-state index is 0.139. The quantitative estimate of drug-likeness (QED) is 0.926. The van der Waals surface area contributed by atoms with Gasteiger partial charge in [-0.3, -0.25) is 4.98 Å². The Morgan fingerprint density at radius 1 is 1.10 bits per heavy atom. The molecule has 0 amide bonds. The van der Waals surface area contributed by atoms with E-state index in [4.69, 9.17) is 9.47 Å². The maximum atomic E-state index is 6.00. The zero-order valence-electron chi connectivity index (χ0n) is 11.3. The van der Waals surface area contributed by atoms with Crippen LogP contribution in [0.2, 0.25) is 0 Å². The van der Waals surface area contributed by atoms with Gasteiger partial charge in [0.2, 0.25) is 0 Å². The highest BCUT2D eigenvalue weighted by molar-refractivity contribution is 5.40. The standard InChI is InChI=1S/C16H18N2O2/c1-2-4-16-15(3-1)19-10-7-14(20-16)12-18-11-13-5-8-17-9-6-13/h1-6,8-9,14,18H,7,10-12H2. The van der Waals surface area contributed by atoms with E-state index in [1.54, 1.807) is 0 Å². The van der Waals surface area contributed by atoms with Crippen molar-refractivity contribution in [2.45, 2.75) is 19.1 Å². The molecule has 1 aliphatic rings. The summed E-state index contributed by atoms with van der Waals surface area (Å²) in [5.74, 6) is 1.67. The molecule has 1 aromatic heterocycles. The second-order valence-corrected chi connectivity index (χ2v) is 4.81. The Morgan fingerprint density at radius 2 is 1.90 bits per heavy atom. The van der Waals surface area contributed by atoms with E-state index in [2.05, 4.69) is 10.3 Å². The summed E-state index contributed by atoms with van der Waals surface area (Å²) in [6, 6.07) is 11.9. The number of aromatic nitrogens is 1. The van der Waals surface area contributed by atoms with E-state index < -0.39 is 0 Å². The van der Waals surface area contributed by atoms with Gasteiger partial charge >= 0.3 is 0 Å². The number of fused-ring (bicyclic) bond motifs is 1. The summed E-state index contributed by atoms with van der Waals surface area (Å²) in [4.78, 5) is 4.01. The summed E-state index contributed by atoms with van der Waals surface area (Å²) < 4.78 is 11.7. The molecule has 3 rings (SSSR count). The van der Waals surface area contributed by atoms with E-state index in [9.17, 15) is 0 Å². The molecule has 0 saturated heterocycles. The molecule has 2 heterocycles. The molecule has 1 aromatic carbocycles. The summed E-state index contributed by atoms with van der Waals surface area (Å²) in [6.45, 7) is 2.32. The Labute approximate surface area is 118 Å². The molecule has 4 heteroatoms. The molecular weight excluding hydrogens is 252 g/mol. The molecular formula is C16H18N2O2. The average molecular weight is 270 g/mol. The van der Waals surface area contributed by atoms with Crippen LogP contribution in [0.25, 0.3) is 0 Å². The number of benzene rings is 1. The smallest absolute Gasteiger partial charge is 0.161 e. The topological polar surface area (TPSA) is 43.4 Å². The van der Waals surface area contributed by atoms with Crippen LogP contribution in [-0.2, 0) is 6.54 Å². The second kappa shape index (κ2) is 6.39. The van der Waals surface area contributed by atoms with Gasteiger partial charge in [-0.05, 0) is 29.8 Å². The van der Waals surface area contributed by atoms with Crippen molar-refractivity contribution in [2.24, 2.45) is 0 Å². The molecule has 0 fully saturated rings. The molecule has 0 bridgehead atoms. The summed E-state index contributed by atoms with van der Waals surface area (Å²) in [5, 5.41) is 3.42. The lowest BCUT2D eigenvalue weighted by Gasteiger charge is -2.16. The molecule has 0 spiro atoms. The summed E-state index contributed by atoms with van der Waals surface area (Å²) in [7, 11) is 0. The van der Waals surface area contributed by atoms with Gasteiger partial charge in [-0.1, -0.05) is 12.1 Å². The predicted molar refractivity (Wildman–Crippen MR) is 76.9 cm³/mol. The molecule has 2 aromatic rings. The Hall–Kier alpha value is -2.07. The number of nitrogens with zero attached hydrogens (tertiary/aromatic N) is 1. The maximum Gasteiger partial charge on any atom is 0.161 e. The Bertz CT molecular complexity index is 545. The van der Waals surface area contributed by atoms with E-state index in [1.807, 2.05) is 48.8 Å². The first-order valence-electron chi connectivity index (χ1n) is 6.90. The van der Waals surface area contributed by atoms with Crippen molar-refractivity contribution < 1.29 is 9.47 Å². The zero-order chi connectivity index (χ0) is 13.6. The van der Waals surface area contributed by atoms with Crippen molar-refractivity contribution in [3.63, 3.8) is 0 Å². The van der Waals surface area contributed by atoms with Crippen LogP contribution in [0.1, 0.15) is 12.0 Å². The van der Waals surface area contributed by atoms with E-state index in [0.29, 0.717) is 6.61 Å². The van der Waals surface area contributed by atoms with Crippen LogP contribution in [0.3, 0.4) is 0 Å². The van der Waals surface area contributed by atoms with Gasteiger partial charge < -0.3 is 14.8 Å². The van der Waals surface area contributed by atoms with Gasteiger partial charge in [0.05, 0.1) is 6.61 Å². The number of hydrogen-bond acceptors (Lipinski definition) is 4. The molecule has 4 nitrogen and oxygen atoms in total. The van der Waals surface area contributed by atoms with Crippen molar-refractivity contribution in [1.29, 1.82) is 0 Å². The fraction of sp³-hybridized carbons (Fsp3) is 0.312. The first-order chi connectivity index (χ1) is 9.92. The Morgan fingerprint density at radius 3 is 2.75 bits per heavy atom. The molecule has 0 radical (unpaired) electrons. The van der Waals surface area contributed by atoms with Gasteiger partial charge in [0.25, 0.3) is 0 Å². The van der Waals surface area contributed by atoms with Crippen molar-refractivity contribution in [1.82, 2.24) is 10.3 Å². The lowest BCUT2D eigenvalue weighted by molar-refractivity contribution is 0.187. The van der Waals surface area contributed by atoms with E-state index in [0.717, 1.165) is 31.0 Å². The first-order valence-corrected chi connectivity index (χ1v) is 6.90. The molecule has 1 unspecified atom stereocenters. The lowest BCUT2D eigenvalue weighted by atomic mass is 10.2. The number of para-hydroxylation sites is 2. The number of hydrogen-bond donors (Lipinski definition) is 1. The average Bonchev–Trinajstić information content (AvgIpc) is 2.70. The zero-order valence-corrected chi connectivity index (χ0v) is 11.3. The van der Waals surface area contributed by atoms with Gasteiger partial charge in [0.1, 0.15) is 6.10 Å². The normalized spacial score (nSPS) is 17.5. The highest BCUT2D eigenvalue weighted by Crippen LogP contribution is 2.30. The number of rotatable bonds is 4. The molecule has 1 aliphatic heterocycles. The highest BCUT2D eigenvalue weighted by Gasteiger charge is 2.17. The van der Waals surface area contributed by atoms with Gasteiger partial charge in [-0.15, -0.1) is 0 Å². The minimum absolute atomic E-state index is 0.139. The van der Waals surface area contributed by atoms with Gasteiger partial charge in [-0.25, -0.2) is 0 Å². The Balaban J connectivity index is 1.54. The number of nitrogens with one attached hydrogen (secondary N) is 1. The van der Waals surface area contributed by atoms with Crippen LogP contribution in [0, 0.1) is 0 Å². The van der Waals surface area contributed by atoms with E-state index in [1.165, 1.54) is 5.56 Å². The second-order valence-electron chi connectivity index (χ2n) is 4.81. The largest absolute Gasteiger partial charge is 0.490 e. The summed E-state index contributed by atoms with van der Waals surface area (Å²) in [5.41, 5.74) is 1.23. The first kappa shape index (κ1) is 12.9. The summed E-state index contributed by atoms with van der Waals surface area (Å²) >= 11 is 0. The van der Waals surface area contributed by atoms with Crippen LogP contribution in [0.15, 0.2) is 48.8 Å². The Kier molecular flexibility index (Phi) is 4.13. The van der Waals surface area contributed by atoms with Gasteiger partial charge in [0, 0.05) is 31.9 Å². The van der Waals surface area contributed by atoms with E-state index in [-0.39, 0.29) is 6.10 Å². The van der Waals surface area contributed by atoms with Crippen LogP contribution in [0.4, 0.5) is 0 Å². The minimum Gasteiger partial charge on any atom is -0.490 e. The molecule has 1 N–H and O–H groups in total. The lowest BCUT2D eigenvalue weighted by Crippen LogP contribution is -2.31. The summed E-state index contributed by atoms with van der Waals surface area (Å²) in [6.07, 6.45) is 4.64. The van der Waals surface area contributed by atoms with Gasteiger partial charge in [-0.2, -0.15) is 0 Å². The maximum absolute atomic E-state index is 6.00. The molecule has 0 saturated carbocycles.